The first-order valence-corrected chi connectivity index (χ1v) is 6.94. The highest BCUT2D eigenvalue weighted by Crippen LogP contribution is 2.36. The molecule has 0 saturated heterocycles. The molecule has 2 atom stereocenters. The van der Waals surface area contributed by atoms with Crippen molar-refractivity contribution < 1.29 is 14.6 Å². The van der Waals surface area contributed by atoms with Crippen LogP contribution in [-0.2, 0) is 4.79 Å². The molecule has 0 fully saturated rings. The molecule has 0 spiro atoms. The molecule has 1 aromatic carbocycles. The molecule has 0 aliphatic rings. The maximum Gasteiger partial charge on any atom is 0.308 e. The van der Waals surface area contributed by atoms with E-state index in [2.05, 4.69) is 15.9 Å². The third-order valence-electron chi connectivity index (χ3n) is 3.20. The molecule has 0 heterocycles. The second-order valence-electron chi connectivity index (χ2n) is 4.65. The summed E-state index contributed by atoms with van der Waals surface area (Å²) >= 11 is 3.43. The van der Waals surface area contributed by atoms with Crippen LogP contribution in [0.3, 0.4) is 0 Å². The summed E-state index contributed by atoms with van der Waals surface area (Å²) in [5.74, 6) is -0.553. The molecule has 5 heteroatoms. The van der Waals surface area contributed by atoms with Crippen LogP contribution in [0.4, 0.5) is 0 Å². The van der Waals surface area contributed by atoms with Gasteiger partial charge in [0.25, 0.3) is 0 Å². The molecule has 106 valence electrons. The summed E-state index contributed by atoms with van der Waals surface area (Å²) in [5, 5.41) is 9.41. The molecule has 0 saturated carbocycles. The normalized spacial score (nSPS) is 14.2. The van der Waals surface area contributed by atoms with Crippen molar-refractivity contribution in [2.75, 3.05) is 21.2 Å². The Bertz CT molecular complexity index is 448. The van der Waals surface area contributed by atoms with E-state index in [1.807, 2.05) is 44.1 Å². The van der Waals surface area contributed by atoms with Gasteiger partial charge in [0.15, 0.2) is 0 Å². The lowest BCUT2D eigenvalue weighted by atomic mass is 9.89. The summed E-state index contributed by atoms with van der Waals surface area (Å²) in [5.41, 5.74) is 0.885. The van der Waals surface area contributed by atoms with Gasteiger partial charge in [0, 0.05) is 10.0 Å². The fourth-order valence-electron chi connectivity index (χ4n) is 2.32. The van der Waals surface area contributed by atoms with Gasteiger partial charge in [-0.05, 0) is 38.7 Å². The summed E-state index contributed by atoms with van der Waals surface area (Å²) in [6.45, 7) is 1.89. The van der Waals surface area contributed by atoms with E-state index in [-0.39, 0.29) is 6.04 Å². The Morgan fingerprint density at radius 1 is 1.47 bits per heavy atom. The predicted octanol–water partition coefficient (Wildman–Crippen LogP) is 3.17. The summed E-state index contributed by atoms with van der Waals surface area (Å²) in [7, 11) is 5.37. The quantitative estimate of drug-likeness (QED) is 0.870. The van der Waals surface area contributed by atoms with Crippen LogP contribution in [0.25, 0.3) is 0 Å². The molecule has 0 bridgehead atoms. The number of methoxy groups -OCH3 is 1. The van der Waals surface area contributed by atoms with Gasteiger partial charge in [-0.25, -0.2) is 0 Å². The Hall–Kier alpha value is -1.07. The van der Waals surface area contributed by atoms with E-state index in [4.69, 9.17) is 4.74 Å². The van der Waals surface area contributed by atoms with Crippen molar-refractivity contribution in [3.63, 3.8) is 0 Å². The number of hydrogen-bond acceptors (Lipinski definition) is 3. The summed E-state index contributed by atoms with van der Waals surface area (Å²) < 4.78 is 6.28. The van der Waals surface area contributed by atoms with Gasteiger partial charge in [-0.2, -0.15) is 0 Å². The van der Waals surface area contributed by atoms with Crippen LogP contribution < -0.4 is 4.74 Å². The van der Waals surface area contributed by atoms with Crippen molar-refractivity contribution in [1.82, 2.24) is 4.90 Å². The van der Waals surface area contributed by atoms with E-state index < -0.39 is 11.9 Å². The molecule has 1 rings (SSSR count). The van der Waals surface area contributed by atoms with E-state index >= 15 is 0 Å². The fourth-order valence-corrected chi connectivity index (χ4v) is 2.70. The molecule has 1 aromatic rings. The average Bonchev–Trinajstić information content (AvgIpc) is 2.34. The number of nitrogens with zero attached hydrogens (tertiary/aromatic N) is 1. The molecule has 0 amide bonds. The van der Waals surface area contributed by atoms with Crippen molar-refractivity contribution in [2.24, 2.45) is 5.92 Å². The molecule has 0 radical (unpaired) electrons. The van der Waals surface area contributed by atoms with E-state index in [1.54, 1.807) is 7.11 Å². The van der Waals surface area contributed by atoms with Gasteiger partial charge >= 0.3 is 5.97 Å². The van der Waals surface area contributed by atoms with E-state index in [0.717, 1.165) is 10.0 Å². The average molecular weight is 330 g/mol. The minimum absolute atomic E-state index is 0.227. The number of aliphatic carboxylic acids is 1. The number of rotatable bonds is 6. The molecule has 0 aliphatic heterocycles. The highest BCUT2D eigenvalue weighted by Gasteiger charge is 2.31. The summed E-state index contributed by atoms with van der Waals surface area (Å²) in [4.78, 5) is 13.4. The minimum Gasteiger partial charge on any atom is -0.496 e. The number of hydrogen-bond donors (Lipinski definition) is 1. The molecule has 0 aliphatic carbocycles. The largest absolute Gasteiger partial charge is 0.496 e. The van der Waals surface area contributed by atoms with Crippen molar-refractivity contribution in [2.45, 2.75) is 19.4 Å². The van der Waals surface area contributed by atoms with Crippen LogP contribution in [0.2, 0.25) is 0 Å². The lowest BCUT2D eigenvalue weighted by Crippen LogP contribution is -2.32. The Kier molecular flexibility index (Phi) is 5.82. The maximum absolute atomic E-state index is 11.5. The van der Waals surface area contributed by atoms with Crippen LogP contribution >= 0.6 is 15.9 Å². The van der Waals surface area contributed by atoms with Crippen LogP contribution in [0, 0.1) is 5.92 Å². The molecular weight excluding hydrogens is 310 g/mol. The topological polar surface area (TPSA) is 49.8 Å². The lowest BCUT2D eigenvalue weighted by molar-refractivity contribution is -0.144. The van der Waals surface area contributed by atoms with Gasteiger partial charge in [-0.3, -0.25) is 4.79 Å². The third kappa shape index (κ3) is 3.70. The van der Waals surface area contributed by atoms with E-state index in [1.165, 1.54) is 0 Å². The van der Waals surface area contributed by atoms with Crippen LogP contribution in [0.1, 0.15) is 24.9 Å². The monoisotopic (exact) mass is 329 g/mol. The predicted molar refractivity (Wildman–Crippen MR) is 78.5 cm³/mol. The standard InChI is InChI=1S/C14H20BrNO3/c1-5-10(14(17)18)13(16(2)3)11-8-9(15)6-7-12(11)19-4/h6-8,10,13H,5H2,1-4H3,(H,17,18). The highest BCUT2D eigenvalue weighted by atomic mass is 79.9. The van der Waals surface area contributed by atoms with Crippen molar-refractivity contribution in [1.29, 1.82) is 0 Å². The van der Waals surface area contributed by atoms with E-state index in [0.29, 0.717) is 12.2 Å². The van der Waals surface area contributed by atoms with Gasteiger partial charge in [0.05, 0.1) is 19.1 Å². The number of carboxylic acids is 1. The van der Waals surface area contributed by atoms with Gasteiger partial charge < -0.3 is 14.7 Å². The van der Waals surface area contributed by atoms with Gasteiger partial charge in [-0.1, -0.05) is 22.9 Å². The van der Waals surface area contributed by atoms with Gasteiger partial charge in [0.2, 0.25) is 0 Å². The molecule has 19 heavy (non-hydrogen) atoms. The Morgan fingerprint density at radius 2 is 2.11 bits per heavy atom. The number of carboxylic acid groups (broad SMARTS) is 1. The molecule has 2 unspecified atom stereocenters. The first-order chi connectivity index (χ1) is 8.92. The summed E-state index contributed by atoms with van der Waals surface area (Å²) in [6, 6.07) is 5.44. The number of carbonyl (C=O) groups is 1. The second-order valence-corrected chi connectivity index (χ2v) is 5.56. The number of ether oxygens (including phenoxy) is 1. The number of halogens is 1. The number of benzene rings is 1. The SMILES string of the molecule is CCC(C(=O)O)C(c1cc(Br)ccc1OC)N(C)C. The third-order valence-corrected chi connectivity index (χ3v) is 3.70. The lowest BCUT2D eigenvalue weighted by Gasteiger charge is -2.31. The van der Waals surface area contributed by atoms with Crippen molar-refractivity contribution >= 4 is 21.9 Å². The molecule has 1 N–H and O–H groups in total. The fraction of sp³-hybridized carbons (Fsp3) is 0.500. The first-order valence-electron chi connectivity index (χ1n) is 6.15. The molecule has 0 aromatic heterocycles. The first kappa shape index (κ1) is 16.0. The van der Waals surface area contributed by atoms with Crippen LogP contribution in [0.15, 0.2) is 22.7 Å². The van der Waals surface area contributed by atoms with Crippen molar-refractivity contribution in [3.05, 3.63) is 28.2 Å². The second kappa shape index (κ2) is 6.91. The zero-order valence-electron chi connectivity index (χ0n) is 11.7. The van der Waals surface area contributed by atoms with Crippen LogP contribution in [-0.4, -0.2) is 37.2 Å². The molecule has 4 nitrogen and oxygen atoms in total. The van der Waals surface area contributed by atoms with Gasteiger partial charge in [-0.15, -0.1) is 0 Å². The maximum atomic E-state index is 11.5. The van der Waals surface area contributed by atoms with Crippen LogP contribution in [0.5, 0.6) is 5.75 Å². The highest BCUT2D eigenvalue weighted by molar-refractivity contribution is 9.10. The van der Waals surface area contributed by atoms with Crippen molar-refractivity contribution in [3.8, 4) is 5.75 Å². The van der Waals surface area contributed by atoms with E-state index in [9.17, 15) is 9.90 Å². The summed E-state index contributed by atoms with van der Waals surface area (Å²) in [6.07, 6.45) is 0.563. The molecular formula is C14H20BrNO3. The zero-order valence-corrected chi connectivity index (χ0v) is 13.3. The Morgan fingerprint density at radius 3 is 2.53 bits per heavy atom. The Balaban J connectivity index is 3.33. The van der Waals surface area contributed by atoms with Gasteiger partial charge in [0.1, 0.15) is 5.75 Å². The smallest absolute Gasteiger partial charge is 0.308 e. The minimum atomic E-state index is -0.789. The Labute approximate surface area is 122 Å². The zero-order chi connectivity index (χ0) is 14.6.